The molecule has 1 fully saturated rings. The number of carbonyl (C=O) groups excluding carboxylic acids is 1. The molecule has 0 bridgehead atoms. The fourth-order valence-electron chi connectivity index (χ4n) is 2.46. The van der Waals surface area contributed by atoms with E-state index in [1.54, 1.807) is 0 Å². The summed E-state index contributed by atoms with van der Waals surface area (Å²) in [6.07, 6.45) is 1.79. The first-order valence-corrected chi connectivity index (χ1v) is 6.76. The molecule has 1 rings (SSSR count). The Balaban J connectivity index is 2.33. The Hall–Kier alpha value is -0.610. The molecule has 0 aliphatic carbocycles. The maximum absolute atomic E-state index is 11.9. The second-order valence-electron chi connectivity index (χ2n) is 4.92. The molecule has 4 nitrogen and oxygen atoms in total. The summed E-state index contributed by atoms with van der Waals surface area (Å²) in [5.74, 6) is 0.639. The molecular formula is C13H26N2O2. The van der Waals surface area contributed by atoms with Crippen LogP contribution in [0.1, 0.15) is 33.6 Å². The predicted octanol–water partition coefficient (Wildman–Crippen LogP) is 0.948. The van der Waals surface area contributed by atoms with Crippen LogP contribution in [0.15, 0.2) is 0 Å². The van der Waals surface area contributed by atoms with Gasteiger partial charge >= 0.3 is 0 Å². The van der Waals surface area contributed by atoms with Crippen LogP contribution in [0.5, 0.6) is 0 Å². The summed E-state index contributed by atoms with van der Waals surface area (Å²) in [5.41, 5.74) is 0. The van der Waals surface area contributed by atoms with Crippen molar-refractivity contribution in [3.8, 4) is 0 Å². The lowest BCUT2D eigenvalue weighted by molar-refractivity contribution is -0.132. The summed E-state index contributed by atoms with van der Waals surface area (Å²) in [6, 6.07) is 0. The molecule has 0 aromatic rings. The van der Waals surface area contributed by atoms with Gasteiger partial charge in [0.1, 0.15) is 0 Å². The van der Waals surface area contributed by atoms with Crippen molar-refractivity contribution in [2.75, 3.05) is 32.7 Å². The average molecular weight is 242 g/mol. The van der Waals surface area contributed by atoms with Gasteiger partial charge in [-0.3, -0.25) is 9.69 Å². The minimum absolute atomic E-state index is 0.212. The molecule has 1 unspecified atom stereocenters. The Kier molecular flexibility index (Phi) is 5.92. The molecular weight excluding hydrogens is 216 g/mol. The van der Waals surface area contributed by atoms with E-state index in [9.17, 15) is 9.90 Å². The third-order valence-corrected chi connectivity index (χ3v) is 3.79. The molecule has 1 saturated heterocycles. The first kappa shape index (κ1) is 14.5. The highest BCUT2D eigenvalue weighted by molar-refractivity contribution is 5.78. The normalized spacial score (nSPS) is 20.2. The molecule has 1 N–H and O–H groups in total. The van der Waals surface area contributed by atoms with Crippen molar-refractivity contribution in [2.24, 2.45) is 5.92 Å². The number of piperidine rings is 1. The molecule has 1 aliphatic rings. The maximum Gasteiger partial charge on any atom is 0.236 e. The summed E-state index contributed by atoms with van der Waals surface area (Å²) >= 11 is 0. The van der Waals surface area contributed by atoms with Crippen molar-refractivity contribution >= 4 is 5.91 Å². The monoisotopic (exact) mass is 242 g/mol. The van der Waals surface area contributed by atoms with Gasteiger partial charge in [-0.05, 0) is 52.6 Å². The lowest BCUT2D eigenvalue weighted by Gasteiger charge is -2.33. The Labute approximate surface area is 105 Å². The van der Waals surface area contributed by atoms with Crippen LogP contribution in [0.25, 0.3) is 0 Å². The Morgan fingerprint density at radius 1 is 1.35 bits per heavy atom. The largest absolute Gasteiger partial charge is 0.393 e. The molecule has 0 radical (unpaired) electrons. The van der Waals surface area contributed by atoms with Crippen LogP contribution in [0, 0.1) is 5.92 Å². The number of likely N-dealkylation sites (tertiary alicyclic amines) is 1. The molecule has 1 heterocycles. The van der Waals surface area contributed by atoms with Crippen molar-refractivity contribution in [2.45, 2.75) is 39.7 Å². The van der Waals surface area contributed by atoms with Crippen LogP contribution in [-0.4, -0.2) is 59.6 Å². The summed E-state index contributed by atoms with van der Waals surface area (Å²) in [4.78, 5) is 16.0. The maximum atomic E-state index is 11.9. The number of amides is 1. The lowest BCUT2D eigenvalue weighted by atomic mass is 9.92. The zero-order chi connectivity index (χ0) is 12.8. The van der Waals surface area contributed by atoms with Gasteiger partial charge in [-0.15, -0.1) is 0 Å². The minimum atomic E-state index is -0.212. The second kappa shape index (κ2) is 6.97. The van der Waals surface area contributed by atoms with E-state index in [-0.39, 0.29) is 12.0 Å². The second-order valence-corrected chi connectivity index (χ2v) is 4.92. The molecule has 100 valence electrons. The molecule has 0 spiro atoms. The standard InChI is InChI=1S/C13H26N2O2/c1-4-15(5-2)13(17)10-14-8-6-12(7-9-14)11(3)16/h11-12,16H,4-10H2,1-3H3. The van der Waals surface area contributed by atoms with Gasteiger partial charge < -0.3 is 10.0 Å². The number of likely N-dealkylation sites (N-methyl/N-ethyl adjacent to an activating group) is 1. The van der Waals surface area contributed by atoms with Crippen LogP contribution in [0.2, 0.25) is 0 Å². The highest BCUT2D eigenvalue weighted by atomic mass is 16.3. The van der Waals surface area contributed by atoms with E-state index in [4.69, 9.17) is 0 Å². The fourth-order valence-corrected chi connectivity index (χ4v) is 2.46. The summed E-state index contributed by atoms with van der Waals surface area (Å²) < 4.78 is 0. The van der Waals surface area contributed by atoms with Gasteiger partial charge in [-0.2, -0.15) is 0 Å². The Morgan fingerprint density at radius 3 is 2.29 bits per heavy atom. The summed E-state index contributed by atoms with van der Waals surface area (Å²) in [5, 5.41) is 9.52. The lowest BCUT2D eigenvalue weighted by Crippen LogP contribution is -2.44. The quantitative estimate of drug-likeness (QED) is 0.780. The van der Waals surface area contributed by atoms with Crippen molar-refractivity contribution in [1.82, 2.24) is 9.80 Å². The predicted molar refractivity (Wildman–Crippen MR) is 68.8 cm³/mol. The summed E-state index contributed by atoms with van der Waals surface area (Å²) in [6.45, 7) is 9.88. The van der Waals surface area contributed by atoms with Crippen LogP contribution in [0.4, 0.5) is 0 Å². The molecule has 4 heteroatoms. The van der Waals surface area contributed by atoms with Crippen molar-refractivity contribution in [3.63, 3.8) is 0 Å². The molecule has 0 aromatic carbocycles. The van der Waals surface area contributed by atoms with E-state index in [0.29, 0.717) is 12.5 Å². The van der Waals surface area contributed by atoms with Crippen LogP contribution >= 0.6 is 0 Å². The smallest absolute Gasteiger partial charge is 0.236 e. The van der Waals surface area contributed by atoms with Crippen LogP contribution in [-0.2, 0) is 4.79 Å². The topological polar surface area (TPSA) is 43.8 Å². The SMILES string of the molecule is CCN(CC)C(=O)CN1CCC(C(C)O)CC1. The number of aliphatic hydroxyl groups excluding tert-OH is 1. The molecule has 17 heavy (non-hydrogen) atoms. The third kappa shape index (κ3) is 4.28. The molecule has 1 amide bonds. The van der Waals surface area contributed by atoms with Gasteiger partial charge in [0, 0.05) is 13.1 Å². The van der Waals surface area contributed by atoms with Gasteiger partial charge in [0.05, 0.1) is 12.6 Å². The molecule has 1 atom stereocenters. The van der Waals surface area contributed by atoms with Crippen molar-refractivity contribution in [1.29, 1.82) is 0 Å². The molecule has 1 aliphatic heterocycles. The molecule has 0 saturated carbocycles. The van der Waals surface area contributed by atoms with Gasteiger partial charge in [0.2, 0.25) is 5.91 Å². The van der Waals surface area contributed by atoms with E-state index in [2.05, 4.69) is 4.90 Å². The number of hydrogen-bond donors (Lipinski definition) is 1. The highest BCUT2D eigenvalue weighted by Crippen LogP contribution is 2.20. The summed E-state index contributed by atoms with van der Waals surface area (Å²) in [7, 11) is 0. The van der Waals surface area contributed by atoms with Crippen molar-refractivity contribution < 1.29 is 9.90 Å². The zero-order valence-electron chi connectivity index (χ0n) is 11.4. The first-order valence-electron chi connectivity index (χ1n) is 6.76. The number of aliphatic hydroxyl groups is 1. The van der Waals surface area contributed by atoms with Gasteiger partial charge in [0.25, 0.3) is 0 Å². The van der Waals surface area contributed by atoms with E-state index in [1.165, 1.54) is 0 Å². The van der Waals surface area contributed by atoms with E-state index >= 15 is 0 Å². The Bertz CT molecular complexity index is 232. The Morgan fingerprint density at radius 2 is 1.88 bits per heavy atom. The number of rotatable bonds is 5. The van der Waals surface area contributed by atoms with Gasteiger partial charge in [-0.1, -0.05) is 0 Å². The minimum Gasteiger partial charge on any atom is -0.393 e. The third-order valence-electron chi connectivity index (χ3n) is 3.79. The zero-order valence-corrected chi connectivity index (χ0v) is 11.4. The van der Waals surface area contributed by atoms with Crippen molar-refractivity contribution in [3.05, 3.63) is 0 Å². The van der Waals surface area contributed by atoms with E-state index < -0.39 is 0 Å². The van der Waals surface area contributed by atoms with E-state index in [0.717, 1.165) is 39.0 Å². The van der Waals surface area contributed by atoms with E-state index in [1.807, 2.05) is 25.7 Å². The van der Waals surface area contributed by atoms with Crippen LogP contribution < -0.4 is 0 Å². The van der Waals surface area contributed by atoms with Crippen LogP contribution in [0.3, 0.4) is 0 Å². The number of carbonyl (C=O) groups is 1. The van der Waals surface area contributed by atoms with Gasteiger partial charge in [0.15, 0.2) is 0 Å². The van der Waals surface area contributed by atoms with Gasteiger partial charge in [-0.25, -0.2) is 0 Å². The average Bonchev–Trinajstić information content (AvgIpc) is 2.31. The number of nitrogens with zero attached hydrogens (tertiary/aromatic N) is 2. The molecule has 0 aromatic heterocycles. The first-order chi connectivity index (χ1) is 8.08. The highest BCUT2D eigenvalue weighted by Gasteiger charge is 2.24. The number of hydrogen-bond acceptors (Lipinski definition) is 3. The fraction of sp³-hybridized carbons (Fsp3) is 0.923.